The fourth-order valence-electron chi connectivity index (χ4n) is 2.25. The molecule has 1 aliphatic rings. The number of nitrogens with zero attached hydrogens (tertiary/aromatic N) is 4. The zero-order valence-electron chi connectivity index (χ0n) is 11.8. The second kappa shape index (κ2) is 5.58. The summed E-state index contributed by atoms with van der Waals surface area (Å²) in [6.07, 6.45) is 1.50. The molecule has 1 fully saturated rings. The quantitative estimate of drug-likeness (QED) is 0.732. The molecule has 0 saturated carbocycles. The molecule has 1 amide bonds. The summed E-state index contributed by atoms with van der Waals surface area (Å²) in [4.78, 5) is 16.6. The highest BCUT2D eigenvalue weighted by atomic mass is 16.1. The van der Waals surface area contributed by atoms with E-state index in [1.165, 1.54) is 10.9 Å². The Labute approximate surface area is 113 Å². The number of hydrogen-bond donors (Lipinski definition) is 2. The van der Waals surface area contributed by atoms with Crippen molar-refractivity contribution in [3.8, 4) is 0 Å². The normalized spacial score (nSPS) is 21.5. The van der Waals surface area contributed by atoms with E-state index in [0.717, 1.165) is 19.6 Å². The summed E-state index contributed by atoms with van der Waals surface area (Å²) in [7, 11) is 5.90. The molecule has 1 saturated heterocycles. The van der Waals surface area contributed by atoms with E-state index in [4.69, 9.17) is 5.73 Å². The monoisotopic (exact) mass is 266 g/mol. The first kappa shape index (κ1) is 13.8. The van der Waals surface area contributed by atoms with Crippen LogP contribution in [0.1, 0.15) is 10.4 Å². The van der Waals surface area contributed by atoms with Gasteiger partial charge in [-0.25, -0.2) is 0 Å². The van der Waals surface area contributed by atoms with Crippen molar-refractivity contribution < 1.29 is 4.79 Å². The predicted octanol–water partition coefficient (Wildman–Crippen LogP) is -1.02. The highest BCUT2D eigenvalue weighted by Crippen LogP contribution is 2.09. The summed E-state index contributed by atoms with van der Waals surface area (Å²) < 4.78 is 1.50. The van der Waals surface area contributed by atoms with Gasteiger partial charge in [0.15, 0.2) is 0 Å². The van der Waals surface area contributed by atoms with E-state index in [1.54, 1.807) is 7.05 Å². The van der Waals surface area contributed by atoms with Gasteiger partial charge in [-0.2, -0.15) is 5.10 Å². The number of hydrogen-bond acceptors (Lipinski definition) is 5. The lowest BCUT2D eigenvalue weighted by molar-refractivity contribution is 0.0882. The van der Waals surface area contributed by atoms with Crippen LogP contribution in [-0.4, -0.2) is 71.8 Å². The van der Waals surface area contributed by atoms with E-state index >= 15 is 0 Å². The van der Waals surface area contributed by atoms with Crippen molar-refractivity contribution in [2.75, 3.05) is 46.0 Å². The first-order chi connectivity index (χ1) is 8.99. The van der Waals surface area contributed by atoms with Gasteiger partial charge in [0.1, 0.15) is 11.4 Å². The van der Waals surface area contributed by atoms with Crippen LogP contribution in [0.15, 0.2) is 6.20 Å². The molecule has 1 aliphatic heterocycles. The molecular formula is C12H22N6O. The van der Waals surface area contributed by atoms with Gasteiger partial charge in [0.05, 0.1) is 6.20 Å². The molecule has 0 radical (unpaired) electrons. The topological polar surface area (TPSA) is 79.4 Å². The molecule has 106 valence electrons. The largest absolute Gasteiger partial charge is 0.383 e. The lowest BCUT2D eigenvalue weighted by Gasteiger charge is -2.37. The van der Waals surface area contributed by atoms with Crippen molar-refractivity contribution in [1.82, 2.24) is 24.9 Å². The molecule has 2 heterocycles. The number of carbonyl (C=O) groups excluding carboxylic acids is 1. The molecule has 1 unspecified atom stereocenters. The molecule has 19 heavy (non-hydrogen) atoms. The van der Waals surface area contributed by atoms with Crippen molar-refractivity contribution in [1.29, 1.82) is 0 Å². The number of nitrogens with two attached hydrogens (primary N) is 1. The smallest absolute Gasteiger partial charge is 0.256 e. The van der Waals surface area contributed by atoms with Crippen molar-refractivity contribution in [2.24, 2.45) is 7.05 Å². The summed E-state index contributed by atoms with van der Waals surface area (Å²) in [6, 6.07) is 0.334. The van der Waals surface area contributed by atoms with Crippen molar-refractivity contribution in [3.05, 3.63) is 11.8 Å². The number of piperazine rings is 1. The summed E-state index contributed by atoms with van der Waals surface area (Å²) in [5.41, 5.74) is 6.22. The Kier molecular flexibility index (Phi) is 4.06. The van der Waals surface area contributed by atoms with Gasteiger partial charge in [0.25, 0.3) is 5.91 Å². The summed E-state index contributed by atoms with van der Waals surface area (Å²) >= 11 is 0. The zero-order chi connectivity index (χ0) is 14.0. The number of aromatic nitrogens is 2. The average molecular weight is 266 g/mol. The summed E-state index contributed by atoms with van der Waals surface area (Å²) in [5, 5.41) is 6.90. The van der Waals surface area contributed by atoms with Gasteiger partial charge in [0, 0.05) is 39.3 Å². The van der Waals surface area contributed by atoms with Crippen LogP contribution in [0, 0.1) is 0 Å². The van der Waals surface area contributed by atoms with E-state index < -0.39 is 0 Å². The third-order valence-electron chi connectivity index (χ3n) is 3.71. The zero-order valence-corrected chi connectivity index (χ0v) is 11.8. The van der Waals surface area contributed by atoms with Crippen LogP contribution in [0.4, 0.5) is 5.82 Å². The number of rotatable bonds is 3. The lowest BCUT2D eigenvalue weighted by atomic mass is 10.2. The lowest BCUT2D eigenvalue weighted by Crippen LogP contribution is -2.54. The maximum absolute atomic E-state index is 12.0. The maximum atomic E-state index is 12.0. The molecule has 7 heteroatoms. The Balaban J connectivity index is 1.91. The minimum absolute atomic E-state index is 0.160. The third-order valence-corrected chi connectivity index (χ3v) is 3.71. The Hall–Kier alpha value is -1.60. The van der Waals surface area contributed by atoms with Crippen LogP contribution in [-0.2, 0) is 7.05 Å². The Morgan fingerprint density at radius 1 is 1.47 bits per heavy atom. The Bertz CT molecular complexity index is 457. The molecule has 7 nitrogen and oxygen atoms in total. The predicted molar refractivity (Wildman–Crippen MR) is 73.9 cm³/mol. The summed E-state index contributed by atoms with van der Waals surface area (Å²) in [5.74, 6) is 0.235. The van der Waals surface area contributed by atoms with Gasteiger partial charge in [-0.3, -0.25) is 14.4 Å². The molecule has 1 aromatic rings. The second-order valence-electron chi connectivity index (χ2n) is 5.17. The van der Waals surface area contributed by atoms with Crippen LogP contribution < -0.4 is 11.1 Å². The Morgan fingerprint density at radius 2 is 2.21 bits per heavy atom. The molecule has 0 aliphatic carbocycles. The fraction of sp³-hybridized carbons (Fsp3) is 0.667. The summed E-state index contributed by atoms with van der Waals surface area (Å²) in [6.45, 7) is 3.66. The standard InChI is InChI=1S/C12H22N6O/c1-16-4-5-17(2)9(8-16)6-14-12(19)10-7-15-18(3)11(10)13/h7,9H,4-6,8,13H2,1-3H3,(H,14,19). The van der Waals surface area contributed by atoms with Gasteiger partial charge in [0.2, 0.25) is 0 Å². The number of nitrogens with one attached hydrogen (secondary N) is 1. The van der Waals surface area contributed by atoms with E-state index in [-0.39, 0.29) is 5.91 Å². The number of likely N-dealkylation sites (N-methyl/N-ethyl adjacent to an activating group) is 2. The van der Waals surface area contributed by atoms with Crippen LogP contribution in [0.25, 0.3) is 0 Å². The molecule has 0 spiro atoms. The molecule has 0 aromatic carbocycles. The van der Waals surface area contributed by atoms with E-state index in [2.05, 4.69) is 34.3 Å². The fourth-order valence-corrected chi connectivity index (χ4v) is 2.25. The number of aryl methyl sites for hydroxylation is 1. The van der Waals surface area contributed by atoms with Gasteiger partial charge in [-0.1, -0.05) is 0 Å². The van der Waals surface area contributed by atoms with Crippen molar-refractivity contribution in [3.63, 3.8) is 0 Å². The molecule has 1 aromatic heterocycles. The molecule has 1 atom stereocenters. The number of carbonyl (C=O) groups is 1. The molecule has 2 rings (SSSR count). The van der Waals surface area contributed by atoms with Gasteiger partial charge in [-0.15, -0.1) is 0 Å². The van der Waals surface area contributed by atoms with Crippen LogP contribution in [0.2, 0.25) is 0 Å². The highest BCUT2D eigenvalue weighted by Gasteiger charge is 2.23. The second-order valence-corrected chi connectivity index (χ2v) is 5.17. The van der Waals surface area contributed by atoms with E-state index in [1.807, 2.05) is 0 Å². The van der Waals surface area contributed by atoms with Gasteiger partial charge in [-0.05, 0) is 14.1 Å². The van der Waals surface area contributed by atoms with Gasteiger partial charge < -0.3 is 16.0 Å². The van der Waals surface area contributed by atoms with E-state index in [0.29, 0.717) is 24.0 Å². The molecule has 3 N–H and O–H groups in total. The third kappa shape index (κ3) is 3.05. The number of anilines is 1. The number of amides is 1. The Morgan fingerprint density at radius 3 is 2.84 bits per heavy atom. The van der Waals surface area contributed by atoms with Gasteiger partial charge >= 0.3 is 0 Å². The SMILES string of the molecule is CN1CCN(C)C(CNC(=O)c2cnn(C)c2N)C1. The van der Waals surface area contributed by atoms with Crippen molar-refractivity contribution in [2.45, 2.75) is 6.04 Å². The first-order valence-electron chi connectivity index (χ1n) is 6.43. The maximum Gasteiger partial charge on any atom is 0.256 e. The highest BCUT2D eigenvalue weighted by molar-refractivity contribution is 5.98. The van der Waals surface area contributed by atoms with Crippen LogP contribution >= 0.6 is 0 Å². The average Bonchev–Trinajstić information content (AvgIpc) is 2.71. The van der Waals surface area contributed by atoms with Crippen molar-refractivity contribution >= 4 is 11.7 Å². The molecule has 0 bridgehead atoms. The molecular weight excluding hydrogens is 244 g/mol. The van der Waals surface area contributed by atoms with E-state index in [9.17, 15) is 4.79 Å². The minimum atomic E-state index is -0.160. The van der Waals surface area contributed by atoms with Crippen LogP contribution in [0.5, 0.6) is 0 Å². The number of nitrogen functional groups attached to an aromatic ring is 1. The first-order valence-corrected chi connectivity index (χ1v) is 6.43. The minimum Gasteiger partial charge on any atom is -0.383 e. The van der Waals surface area contributed by atoms with Crippen LogP contribution in [0.3, 0.4) is 0 Å².